The van der Waals surface area contributed by atoms with Crippen molar-refractivity contribution in [2.75, 3.05) is 6.54 Å². The molecule has 1 saturated carbocycles. The van der Waals surface area contributed by atoms with Gasteiger partial charge >= 0.3 is 18.0 Å². The maximum atomic E-state index is 12.8. The Kier molecular flexibility index (Phi) is 11.7. The van der Waals surface area contributed by atoms with Crippen LogP contribution in [0, 0.1) is 0 Å². The third kappa shape index (κ3) is 10.2. The van der Waals surface area contributed by atoms with Crippen LogP contribution in [-0.2, 0) is 15.7 Å². The third-order valence-corrected chi connectivity index (χ3v) is 6.97. The third-order valence-electron chi connectivity index (χ3n) is 6.97. The summed E-state index contributed by atoms with van der Waals surface area (Å²) in [6.45, 7) is 2.31. The smallest absolute Gasteiger partial charge is 0.416 e. The molecule has 3 N–H and O–H groups in total. The maximum Gasteiger partial charge on any atom is 0.416 e. The Labute approximate surface area is 227 Å². The molecule has 3 rings (SSSR count). The molecular weight excluding hydrogens is 511 g/mol. The number of alkyl halides is 3. The topological polar surface area (TPSA) is 90.0 Å². The van der Waals surface area contributed by atoms with Gasteiger partial charge in [-0.1, -0.05) is 44.7 Å². The molecule has 1 aliphatic rings. The van der Waals surface area contributed by atoms with E-state index in [1.54, 1.807) is 12.1 Å². The van der Waals surface area contributed by atoms with Gasteiger partial charge in [0, 0.05) is 0 Å². The van der Waals surface area contributed by atoms with Crippen LogP contribution >= 0.6 is 0 Å². The number of carboxylic acids is 1. The van der Waals surface area contributed by atoms with Gasteiger partial charge < -0.3 is 19.7 Å². The number of halogens is 3. The maximum absolute atomic E-state index is 12.8. The second kappa shape index (κ2) is 14.9. The molecule has 2 aromatic carbocycles. The van der Waals surface area contributed by atoms with Crippen LogP contribution in [0.1, 0.15) is 93.9 Å². The number of aliphatic carboxylic acids is 1. The van der Waals surface area contributed by atoms with Crippen LogP contribution in [0.4, 0.5) is 13.2 Å². The number of aliphatic hydroxyl groups is 1. The van der Waals surface area contributed by atoms with Gasteiger partial charge in [0.05, 0.1) is 29.4 Å². The van der Waals surface area contributed by atoms with Crippen LogP contribution in [-0.4, -0.2) is 40.8 Å². The van der Waals surface area contributed by atoms with E-state index in [-0.39, 0.29) is 37.2 Å². The van der Waals surface area contributed by atoms with Crippen molar-refractivity contribution in [2.24, 2.45) is 0 Å². The monoisotopic (exact) mass is 550 g/mol. The number of unbranched alkanes of at least 4 members (excludes halogenated alkanes) is 3. The van der Waals surface area contributed by atoms with Gasteiger partial charge in [0.2, 0.25) is 0 Å². The average molecular weight is 551 g/mol. The first-order chi connectivity index (χ1) is 18.7. The molecule has 1 unspecified atom stereocenters. The average Bonchev–Trinajstić information content (AvgIpc) is 2.91. The van der Waals surface area contributed by atoms with Gasteiger partial charge in [-0.3, -0.25) is 4.79 Å². The Hall–Kier alpha value is -3.07. The Morgan fingerprint density at radius 2 is 1.59 bits per heavy atom. The molecule has 9 heteroatoms. The lowest BCUT2D eigenvalue weighted by molar-refractivity contribution is -0.464. The minimum Gasteiger partial charge on any atom is -0.490 e. The second-order valence-electron chi connectivity index (χ2n) is 10.1. The highest BCUT2D eigenvalue weighted by Crippen LogP contribution is 2.34. The van der Waals surface area contributed by atoms with Gasteiger partial charge in [-0.05, 0) is 74.1 Å². The van der Waals surface area contributed by atoms with Gasteiger partial charge in [0.1, 0.15) is 12.2 Å². The van der Waals surface area contributed by atoms with Crippen LogP contribution in [0.15, 0.2) is 48.5 Å². The fourth-order valence-electron chi connectivity index (χ4n) is 4.75. The number of ether oxygens (including phenoxy) is 2. The summed E-state index contributed by atoms with van der Waals surface area (Å²) in [7, 11) is 0. The summed E-state index contributed by atoms with van der Waals surface area (Å²) in [6, 6.07) is 12.3. The number of hydrogen-bond donors (Lipinski definition) is 3. The lowest BCUT2D eigenvalue weighted by atomic mass is 9.94. The van der Waals surface area contributed by atoms with E-state index >= 15 is 0 Å². The number of benzene rings is 2. The summed E-state index contributed by atoms with van der Waals surface area (Å²) < 4.78 is 50.9. The largest absolute Gasteiger partial charge is 0.490 e. The summed E-state index contributed by atoms with van der Waals surface area (Å²) in [4.78, 5) is 13.4. The zero-order valence-corrected chi connectivity index (χ0v) is 22.4. The summed E-state index contributed by atoms with van der Waals surface area (Å²) in [5.41, 5.74) is 0.916. The van der Waals surface area contributed by atoms with Gasteiger partial charge in [0.15, 0.2) is 6.54 Å². The Morgan fingerprint density at radius 3 is 2.18 bits per heavy atom. The molecule has 0 bridgehead atoms. The van der Waals surface area contributed by atoms with Crippen LogP contribution in [0.25, 0.3) is 0 Å². The highest BCUT2D eigenvalue weighted by molar-refractivity contribution is 5.87. The SMILES string of the molecule is CCCCCCC(OC1CCC(Oc2ccc(C(F)(F)F)cc2)CC1)c1ccc(C(O)=[NH+]CCC(=O)O)cc1. The number of carboxylic acid groups (broad SMARTS) is 1. The lowest BCUT2D eigenvalue weighted by Gasteiger charge is -2.32. The van der Waals surface area contributed by atoms with Gasteiger partial charge in [0.25, 0.3) is 0 Å². The van der Waals surface area contributed by atoms with Gasteiger partial charge in [-0.2, -0.15) is 13.2 Å². The number of aliphatic hydroxyl groups excluding tert-OH is 1. The van der Waals surface area contributed by atoms with Crippen molar-refractivity contribution in [3.05, 3.63) is 65.2 Å². The summed E-state index contributed by atoms with van der Waals surface area (Å²) >= 11 is 0. The summed E-state index contributed by atoms with van der Waals surface area (Å²) in [6.07, 6.45) is 3.96. The molecule has 2 aromatic rings. The molecule has 1 atom stereocenters. The molecule has 6 nitrogen and oxygen atoms in total. The lowest BCUT2D eigenvalue weighted by Crippen LogP contribution is -2.73. The van der Waals surface area contributed by atoms with Crippen molar-refractivity contribution in [3.8, 4) is 5.75 Å². The van der Waals surface area contributed by atoms with E-state index in [2.05, 4.69) is 11.9 Å². The number of carbonyl (C=O) groups is 1. The van der Waals surface area contributed by atoms with Gasteiger partial charge in [-0.15, -0.1) is 0 Å². The Morgan fingerprint density at radius 1 is 0.949 bits per heavy atom. The molecule has 39 heavy (non-hydrogen) atoms. The van der Waals surface area contributed by atoms with Crippen LogP contribution in [0.2, 0.25) is 0 Å². The zero-order valence-electron chi connectivity index (χ0n) is 22.4. The first kappa shape index (κ1) is 30.5. The summed E-state index contributed by atoms with van der Waals surface area (Å²) in [5, 5.41) is 19.0. The fourth-order valence-corrected chi connectivity index (χ4v) is 4.75. The number of nitrogens with one attached hydrogen (secondary N) is 1. The minimum absolute atomic E-state index is 0.0592. The van der Waals surface area contributed by atoms with Crippen molar-refractivity contribution in [3.63, 3.8) is 0 Å². The van der Waals surface area contributed by atoms with Crippen LogP contribution in [0.5, 0.6) is 5.75 Å². The molecule has 1 fully saturated rings. The molecule has 0 heterocycles. The zero-order chi connectivity index (χ0) is 28.3. The van der Waals surface area contributed by atoms with Crippen molar-refractivity contribution >= 4 is 11.9 Å². The van der Waals surface area contributed by atoms with Crippen molar-refractivity contribution in [1.82, 2.24) is 0 Å². The van der Waals surface area contributed by atoms with Gasteiger partial charge in [-0.25, -0.2) is 4.99 Å². The second-order valence-corrected chi connectivity index (χ2v) is 10.1. The van der Waals surface area contributed by atoms with E-state index in [1.807, 2.05) is 12.1 Å². The molecular formula is C30H39F3NO5+. The van der Waals surface area contributed by atoms with E-state index in [1.165, 1.54) is 18.6 Å². The molecule has 0 aliphatic heterocycles. The molecule has 0 spiro atoms. The summed E-state index contributed by atoms with van der Waals surface area (Å²) in [5.74, 6) is -0.553. The molecule has 214 valence electrons. The first-order valence-corrected chi connectivity index (χ1v) is 13.8. The molecule has 0 amide bonds. The standard InChI is InChI=1S/C30H38F3NO5/c1-2-3-4-5-6-27(21-7-9-22(10-8-21)29(37)34-20-19-28(35)36)39-26-17-15-25(16-18-26)38-24-13-11-23(12-14-24)30(31,32)33/h7-14,25-27H,2-6,15-20H2,1H3,(H,34,37)(H,35,36)/p+1. The number of hydrogen-bond acceptors (Lipinski definition) is 3. The fraction of sp³-hybridized carbons (Fsp3) is 0.533. The minimum atomic E-state index is -4.36. The van der Waals surface area contributed by atoms with Crippen molar-refractivity contribution in [1.29, 1.82) is 0 Å². The van der Waals surface area contributed by atoms with E-state index in [0.717, 1.165) is 69.1 Å². The van der Waals surface area contributed by atoms with Crippen molar-refractivity contribution in [2.45, 2.75) is 95.6 Å². The Bertz CT molecular complexity index is 1050. The number of rotatable bonds is 14. The molecule has 0 saturated heterocycles. The van der Waals surface area contributed by atoms with Crippen LogP contribution < -0.4 is 9.73 Å². The van der Waals surface area contributed by atoms with E-state index in [0.29, 0.717) is 11.3 Å². The highest BCUT2D eigenvalue weighted by Gasteiger charge is 2.30. The Balaban J connectivity index is 1.56. The molecule has 0 aromatic heterocycles. The predicted molar refractivity (Wildman–Crippen MR) is 142 cm³/mol. The normalized spacial score (nSPS) is 19.0. The quantitative estimate of drug-likeness (QED) is 0.153. The van der Waals surface area contributed by atoms with E-state index in [9.17, 15) is 23.1 Å². The first-order valence-electron chi connectivity index (χ1n) is 13.8. The van der Waals surface area contributed by atoms with E-state index in [4.69, 9.17) is 14.6 Å². The van der Waals surface area contributed by atoms with Crippen molar-refractivity contribution < 1.29 is 42.6 Å². The molecule has 1 aliphatic carbocycles. The highest BCUT2D eigenvalue weighted by atomic mass is 19.4. The molecule has 0 radical (unpaired) electrons. The van der Waals surface area contributed by atoms with Crippen LogP contribution in [0.3, 0.4) is 0 Å². The van der Waals surface area contributed by atoms with E-state index < -0.39 is 17.7 Å². The predicted octanol–water partition coefficient (Wildman–Crippen LogP) is 5.98.